The summed E-state index contributed by atoms with van der Waals surface area (Å²) in [5.74, 6) is -0.557. The van der Waals surface area contributed by atoms with Crippen LogP contribution in [-0.2, 0) is 6.18 Å². The van der Waals surface area contributed by atoms with Gasteiger partial charge in [-0.3, -0.25) is 15.6 Å². The fourth-order valence-corrected chi connectivity index (χ4v) is 2.82. The van der Waals surface area contributed by atoms with Gasteiger partial charge in [-0.25, -0.2) is 0 Å². The fraction of sp³-hybridized carbons (Fsp3) is 0.0714. The van der Waals surface area contributed by atoms with Crippen LogP contribution in [0.5, 0.6) is 0 Å². The molecule has 0 aliphatic carbocycles. The Hall–Kier alpha value is -1.48. The van der Waals surface area contributed by atoms with Gasteiger partial charge < -0.3 is 0 Å². The van der Waals surface area contributed by atoms with E-state index < -0.39 is 17.6 Å². The predicted molar refractivity (Wildman–Crippen MR) is 86.7 cm³/mol. The van der Waals surface area contributed by atoms with Crippen molar-refractivity contribution in [3.8, 4) is 0 Å². The molecular weight excluding hydrogens is 432 g/mol. The molecule has 0 bridgehead atoms. The van der Waals surface area contributed by atoms with Gasteiger partial charge in [0.1, 0.15) is 0 Å². The Bertz CT molecular complexity index is 707. The molecule has 2 aromatic rings. The van der Waals surface area contributed by atoms with Gasteiger partial charge in [0, 0.05) is 8.59 Å². The number of amides is 1. The van der Waals surface area contributed by atoms with Crippen molar-refractivity contribution in [2.24, 2.45) is 0 Å². The molecule has 2 aromatic carbocycles. The number of hydrazine groups is 1. The van der Waals surface area contributed by atoms with Crippen LogP contribution in [0.3, 0.4) is 0 Å². The lowest BCUT2D eigenvalue weighted by atomic mass is 10.2. The molecular formula is C14H9ClF3IN2O. The van der Waals surface area contributed by atoms with Gasteiger partial charge in [0.2, 0.25) is 0 Å². The van der Waals surface area contributed by atoms with Crippen LogP contribution in [0.25, 0.3) is 0 Å². The number of halogens is 5. The number of benzene rings is 2. The highest BCUT2D eigenvalue weighted by Crippen LogP contribution is 2.34. The maximum atomic E-state index is 12.8. The number of rotatable bonds is 3. The number of anilines is 1. The van der Waals surface area contributed by atoms with Crippen molar-refractivity contribution in [2.75, 3.05) is 5.43 Å². The zero-order valence-electron chi connectivity index (χ0n) is 10.8. The van der Waals surface area contributed by atoms with Crippen LogP contribution in [0.2, 0.25) is 5.02 Å². The van der Waals surface area contributed by atoms with E-state index in [0.29, 0.717) is 14.2 Å². The number of carbonyl (C=O) groups excluding carboxylic acids is 1. The molecule has 0 aromatic heterocycles. The number of hydrogen-bond acceptors (Lipinski definition) is 2. The molecule has 0 atom stereocenters. The lowest BCUT2D eigenvalue weighted by Gasteiger charge is -2.15. The van der Waals surface area contributed by atoms with Crippen molar-refractivity contribution >= 4 is 45.8 Å². The predicted octanol–water partition coefficient (Wildman–Crippen LogP) is 4.72. The van der Waals surface area contributed by atoms with Crippen LogP contribution in [0, 0.1) is 3.57 Å². The van der Waals surface area contributed by atoms with Crippen molar-refractivity contribution in [3.63, 3.8) is 0 Å². The molecule has 0 heterocycles. The molecule has 0 aliphatic heterocycles. The third-order valence-electron chi connectivity index (χ3n) is 2.72. The maximum Gasteiger partial charge on any atom is 0.418 e. The summed E-state index contributed by atoms with van der Waals surface area (Å²) in [4.78, 5) is 12.0. The average molecular weight is 441 g/mol. The Morgan fingerprint density at radius 2 is 1.82 bits per heavy atom. The minimum absolute atomic E-state index is 0.229. The molecule has 0 unspecified atom stereocenters. The third-order valence-corrected chi connectivity index (χ3v) is 3.85. The van der Waals surface area contributed by atoms with Crippen LogP contribution in [0.1, 0.15) is 15.9 Å². The summed E-state index contributed by atoms with van der Waals surface area (Å²) in [5.41, 5.74) is 3.77. The normalized spacial score (nSPS) is 11.1. The Balaban J connectivity index is 2.15. The number of hydrogen-bond donors (Lipinski definition) is 2. The van der Waals surface area contributed by atoms with Gasteiger partial charge in [0.25, 0.3) is 5.91 Å². The summed E-state index contributed by atoms with van der Waals surface area (Å²) >= 11 is 7.71. The number of para-hydroxylation sites is 1. The molecule has 2 rings (SSSR count). The van der Waals surface area contributed by atoms with Gasteiger partial charge in [-0.1, -0.05) is 23.7 Å². The number of nitrogens with one attached hydrogen (secondary N) is 2. The molecule has 0 spiro atoms. The van der Waals surface area contributed by atoms with Crippen molar-refractivity contribution in [2.45, 2.75) is 6.18 Å². The maximum absolute atomic E-state index is 12.8. The average Bonchev–Trinajstić information content (AvgIpc) is 2.44. The lowest BCUT2D eigenvalue weighted by Crippen LogP contribution is -2.31. The summed E-state index contributed by atoms with van der Waals surface area (Å²) in [7, 11) is 0. The van der Waals surface area contributed by atoms with Crippen molar-refractivity contribution in [1.29, 1.82) is 0 Å². The second-order valence-corrected chi connectivity index (χ2v) is 5.85. The second-order valence-electron chi connectivity index (χ2n) is 4.25. The van der Waals surface area contributed by atoms with E-state index in [9.17, 15) is 18.0 Å². The Morgan fingerprint density at radius 3 is 2.45 bits per heavy atom. The molecule has 0 saturated heterocycles. The largest absolute Gasteiger partial charge is 0.418 e. The summed E-state index contributed by atoms with van der Waals surface area (Å²) in [6.07, 6.45) is -4.51. The van der Waals surface area contributed by atoms with E-state index in [0.717, 1.165) is 6.07 Å². The van der Waals surface area contributed by atoms with Crippen LogP contribution in [0.4, 0.5) is 18.9 Å². The molecule has 1 amide bonds. The molecule has 0 aliphatic rings. The minimum Gasteiger partial charge on any atom is -0.298 e. The smallest absolute Gasteiger partial charge is 0.298 e. The number of alkyl halides is 3. The van der Waals surface area contributed by atoms with E-state index in [1.165, 1.54) is 30.3 Å². The monoisotopic (exact) mass is 440 g/mol. The topological polar surface area (TPSA) is 41.1 Å². The fourth-order valence-electron chi connectivity index (χ4n) is 1.70. The van der Waals surface area contributed by atoms with Gasteiger partial charge in [-0.2, -0.15) is 13.2 Å². The first-order valence-electron chi connectivity index (χ1n) is 5.96. The van der Waals surface area contributed by atoms with E-state index in [-0.39, 0.29) is 5.69 Å². The lowest BCUT2D eigenvalue weighted by molar-refractivity contribution is -0.137. The Kier molecular flexibility index (Phi) is 5.17. The van der Waals surface area contributed by atoms with Gasteiger partial charge >= 0.3 is 6.18 Å². The zero-order chi connectivity index (χ0) is 16.3. The second kappa shape index (κ2) is 6.74. The first-order chi connectivity index (χ1) is 10.3. The molecule has 2 N–H and O–H groups in total. The highest BCUT2D eigenvalue weighted by molar-refractivity contribution is 14.1. The summed E-state index contributed by atoms with van der Waals surface area (Å²) in [6, 6.07) is 9.49. The van der Waals surface area contributed by atoms with Crippen molar-refractivity contribution in [3.05, 3.63) is 62.2 Å². The molecule has 0 radical (unpaired) electrons. The Labute approximate surface area is 143 Å². The molecule has 3 nitrogen and oxygen atoms in total. The summed E-state index contributed by atoms with van der Waals surface area (Å²) in [6.45, 7) is 0. The van der Waals surface area contributed by atoms with Crippen molar-refractivity contribution < 1.29 is 18.0 Å². The van der Waals surface area contributed by atoms with Gasteiger partial charge in [0.15, 0.2) is 0 Å². The van der Waals surface area contributed by atoms with E-state index in [2.05, 4.69) is 10.9 Å². The van der Waals surface area contributed by atoms with Gasteiger partial charge in [0.05, 0.1) is 16.8 Å². The van der Waals surface area contributed by atoms with E-state index in [1.54, 1.807) is 6.07 Å². The van der Waals surface area contributed by atoms with E-state index >= 15 is 0 Å². The summed E-state index contributed by atoms with van der Waals surface area (Å²) in [5, 5.41) is 0.469. The SMILES string of the molecule is O=C(NNc1ccccc1C(F)(F)F)c1ccc(Cl)cc1I. The van der Waals surface area contributed by atoms with Crippen molar-refractivity contribution in [1.82, 2.24) is 5.43 Å². The molecule has 0 fully saturated rings. The highest BCUT2D eigenvalue weighted by atomic mass is 127. The van der Waals surface area contributed by atoms with E-state index in [4.69, 9.17) is 11.6 Å². The third kappa shape index (κ3) is 4.04. The first kappa shape index (κ1) is 16.9. The van der Waals surface area contributed by atoms with Crippen LogP contribution >= 0.6 is 34.2 Å². The van der Waals surface area contributed by atoms with Crippen LogP contribution in [0.15, 0.2) is 42.5 Å². The zero-order valence-corrected chi connectivity index (χ0v) is 13.8. The van der Waals surface area contributed by atoms with E-state index in [1.807, 2.05) is 22.6 Å². The molecule has 8 heteroatoms. The standard InChI is InChI=1S/C14H9ClF3IN2O/c15-8-5-6-9(11(19)7-8)13(22)21-20-12-4-2-1-3-10(12)14(16,17)18/h1-7,20H,(H,21,22). The molecule has 22 heavy (non-hydrogen) atoms. The highest BCUT2D eigenvalue weighted by Gasteiger charge is 2.33. The Morgan fingerprint density at radius 1 is 1.14 bits per heavy atom. The minimum atomic E-state index is -4.51. The quantitative estimate of drug-likeness (QED) is 0.536. The first-order valence-corrected chi connectivity index (χ1v) is 7.42. The van der Waals surface area contributed by atoms with Crippen LogP contribution in [-0.4, -0.2) is 5.91 Å². The molecule has 0 saturated carbocycles. The molecule has 116 valence electrons. The van der Waals surface area contributed by atoms with Gasteiger partial charge in [-0.05, 0) is 52.9 Å². The van der Waals surface area contributed by atoms with Gasteiger partial charge in [-0.15, -0.1) is 0 Å². The summed E-state index contributed by atoms with van der Waals surface area (Å²) < 4.78 is 39.1. The number of carbonyl (C=O) groups is 1. The van der Waals surface area contributed by atoms with Crippen LogP contribution < -0.4 is 10.9 Å².